The summed E-state index contributed by atoms with van der Waals surface area (Å²) in [5.41, 5.74) is 3.92. The summed E-state index contributed by atoms with van der Waals surface area (Å²) in [6, 6.07) is 20.9. The molecule has 0 aliphatic rings. The molecule has 0 radical (unpaired) electrons. The van der Waals surface area contributed by atoms with Gasteiger partial charge < -0.3 is 15.4 Å². The van der Waals surface area contributed by atoms with E-state index in [9.17, 15) is 4.79 Å². The highest BCUT2D eigenvalue weighted by Gasteiger charge is 2.09. The predicted molar refractivity (Wildman–Crippen MR) is 120 cm³/mol. The number of carbonyl (C=O) groups excluding carboxylic acids is 1. The monoisotopic (exact) mass is 428 g/mol. The van der Waals surface area contributed by atoms with E-state index in [0.717, 1.165) is 17.7 Å². The lowest BCUT2D eigenvalue weighted by atomic mass is 10.1. The van der Waals surface area contributed by atoms with Crippen molar-refractivity contribution in [2.45, 2.75) is 19.9 Å². The molecule has 0 heterocycles. The van der Waals surface area contributed by atoms with Crippen LogP contribution in [0.15, 0.2) is 66.7 Å². The fraction of sp³-hybridized carbons (Fsp3) is 0.174. The van der Waals surface area contributed by atoms with E-state index < -0.39 is 0 Å². The van der Waals surface area contributed by atoms with Gasteiger partial charge in [-0.1, -0.05) is 60.5 Å². The molecule has 0 saturated carbocycles. The molecule has 6 heteroatoms. The highest BCUT2D eigenvalue weighted by atomic mass is 35.5. The van der Waals surface area contributed by atoms with Crippen molar-refractivity contribution in [1.82, 2.24) is 0 Å². The Bertz CT molecular complexity index is 975. The van der Waals surface area contributed by atoms with E-state index in [2.05, 4.69) is 41.8 Å². The van der Waals surface area contributed by atoms with Crippen LogP contribution in [0.2, 0.25) is 10.0 Å². The van der Waals surface area contributed by atoms with Crippen molar-refractivity contribution in [1.29, 1.82) is 0 Å². The first kappa shape index (κ1) is 21.0. The van der Waals surface area contributed by atoms with E-state index in [1.165, 1.54) is 5.56 Å². The molecule has 0 aliphatic heterocycles. The van der Waals surface area contributed by atoms with Crippen LogP contribution in [0.3, 0.4) is 0 Å². The Balaban J connectivity index is 1.52. The van der Waals surface area contributed by atoms with E-state index in [1.807, 2.05) is 12.1 Å². The van der Waals surface area contributed by atoms with Gasteiger partial charge in [-0.2, -0.15) is 0 Å². The van der Waals surface area contributed by atoms with Gasteiger partial charge in [0.05, 0.1) is 15.7 Å². The lowest BCUT2D eigenvalue weighted by Gasteiger charge is -2.12. The molecular weight excluding hydrogens is 407 g/mol. The minimum absolute atomic E-state index is 0.160. The summed E-state index contributed by atoms with van der Waals surface area (Å²) >= 11 is 12.3. The van der Waals surface area contributed by atoms with Gasteiger partial charge in [-0.3, -0.25) is 4.79 Å². The second-order valence-corrected chi connectivity index (χ2v) is 7.30. The maximum Gasteiger partial charge on any atom is 0.262 e. The maximum atomic E-state index is 12.1. The van der Waals surface area contributed by atoms with Crippen molar-refractivity contribution in [3.63, 3.8) is 0 Å². The van der Waals surface area contributed by atoms with Crippen molar-refractivity contribution in [3.05, 3.63) is 87.9 Å². The number of hydrogen-bond donors (Lipinski definition) is 2. The number of carbonyl (C=O) groups is 1. The highest BCUT2D eigenvalue weighted by Crippen LogP contribution is 2.26. The van der Waals surface area contributed by atoms with Crippen molar-refractivity contribution < 1.29 is 9.53 Å². The summed E-state index contributed by atoms with van der Waals surface area (Å²) in [6.45, 7) is 2.61. The van der Waals surface area contributed by atoms with E-state index in [4.69, 9.17) is 27.9 Å². The molecule has 1 amide bonds. The molecule has 3 aromatic carbocycles. The first-order valence-electron chi connectivity index (χ1n) is 9.33. The fourth-order valence-electron chi connectivity index (χ4n) is 2.73. The van der Waals surface area contributed by atoms with Crippen molar-refractivity contribution >= 4 is 40.5 Å². The first-order chi connectivity index (χ1) is 14.0. The van der Waals surface area contributed by atoms with Gasteiger partial charge in [0.2, 0.25) is 0 Å². The SMILES string of the molecule is CCc1ccc(NCc2ccc(OCC(=O)Nc3ccccc3Cl)c(Cl)c2)cc1. The predicted octanol–water partition coefficient (Wildman–Crippen LogP) is 6.19. The van der Waals surface area contributed by atoms with Crippen LogP contribution in [0.25, 0.3) is 0 Å². The van der Waals surface area contributed by atoms with Gasteiger partial charge in [-0.15, -0.1) is 0 Å². The summed E-state index contributed by atoms with van der Waals surface area (Å²) in [4.78, 5) is 12.1. The van der Waals surface area contributed by atoms with Gasteiger partial charge in [0.1, 0.15) is 5.75 Å². The summed E-state index contributed by atoms with van der Waals surface area (Å²) in [5, 5.41) is 7.00. The molecule has 0 atom stereocenters. The minimum atomic E-state index is -0.310. The molecule has 0 bridgehead atoms. The third-order valence-electron chi connectivity index (χ3n) is 4.36. The third kappa shape index (κ3) is 6.14. The molecule has 0 aromatic heterocycles. The van der Waals surface area contributed by atoms with E-state index in [-0.39, 0.29) is 12.5 Å². The molecule has 4 nitrogen and oxygen atoms in total. The summed E-state index contributed by atoms with van der Waals surface area (Å²) in [7, 11) is 0. The second-order valence-electron chi connectivity index (χ2n) is 6.49. The Morgan fingerprint density at radius 1 is 0.931 bits per heavy atom. The smallest absolute Gasteiger partial charge is 0.262 e. The Kier molecular flexibility index (Phi) is 7.39. The molecular formula is C23H22Cl2N2O2. The lowest BCUT2D eigenvalue weighted by Crippen LogP contribution is -2.20. The fourth-order valence-corrected chi connectivity index (χ4v) is 3.17. The number of para-hydroxylation sites is 1. The number of ether oxygens (including phenoxy) is 1. The number of benzene rings is 3. The normalized spacial score (nSPS) is 10.4. The van der Waals surface area contributed by atoms with Gasteiger partial charge in [-0.05, 0) is 53.9 Å². The summed E-state index contributed by atoms with van der Waals surface area (Å²) in [5.74, 6) is 0.146. The lowest BCUT2D eigenvalue weighted by molar-refractivity contribution is -0.118. The van der Waals surface area contributed by atoms with Crippen LogP contribution >= 0.6 is 23.2 Å². The van der Waals surface area contributed by atoms with Crippen molar-refractivity contribution in [3.8, 4) is 5.75 Å². The third-order valence-corrected chi connectivity index (χ3v) is 4.99. The molecule has 3 rings (SSSR count). The van der Waals surface area contributed by atoms with Crippen molar-refractivity contribution in [2.24, 2.45) is 0 Å². The molecule has 2 N–H and O–H groups in total. The molecule has 150 valence electrons. The van der Waals surface area contributed by atoms with Crippen LogP contribution < -0.4 is 15.4 Å². The van der Waals surface area contributed by atoms with E-state index in [1.54, 1.807) is 30.3 Å². The zero-order valence-electron chi connectivity index (χ0n) is 16.0. The Labute approximate surface area is 180 Å². The molecule has 29 heavy (non-hydrogen) atoms. The van der Waals surface area contributed by atoms with E-state index in [0.29, 0.717) is 28.0 Å². The van der Waals surface area contributed by atoms with Crippen LogP contribution in [-0.4, -0.2) is 12.5 Å². The number of hydrogen-bond acceptors (Lipinski definition) is 3. The average Bonchev–Trinajstić information content (AvgIpc) is 2.73. The Morgan fingerprint density at radius 2 is 1.66 bits per heavy atom. The average molecular weight is 429 g/mol. The number of halogens is 2. The van der Waals surface area contributed by atoms with Gasteiger partial charge in [0.25, 0.3) is 5.91 Å². The Hall–Kier alpha value is -2.69. The van der Waals surface area contributed by atoms with Crippen LogP contribution in [0.1, 0.15) is 18.1 Å². The van der Waals surface area contributed by atoms with Gasteiger partial charge in [0.15, 0.2) is 6.61 Å². The largest absolute Gasteiger partial charge is 0.482 e. The number of aryl methyl sites for hydroxylation is 1. The standard InChI is InChI=1S/C23H22Cl2N2O2/c1-2-16-7-10-18(11-8-16)26-14-17-9-12-22(20(25)13-17)29-15-23(28)27-21-6-4-3-5-19(21)24/h3-13,26H,2,14-15H2,1H3,(H,27,28). The van der Waals surface area contributed by atoms with E-state index >= 15 is 0 Å². The van der Waals surface area contributed by atoms with Crippen LogP contribution in [0, 0.1) is 0 Å². The summed E-state index contributed by atoms with van der Waals surface area (Å²) in [6.07, 6.45) is 1.02. The Morgan fingerprint density at radius 3 is 2.34 bits per heavy atom. The van der Waals surface area contributed by atoms with Crippen LogP contribution in [0.5, 0.6) is 5.75 Å². The highest BCUT2D eigenvalue weighted by molar-refractivity contribution is 6.33. The summed E-state index contributed by atoms with van der Waals surface area (Å²) < 4.78 is 5.55. The number of rotatable bonds is 8. The second kappa shape index (κ2) is 10.2. The molecule has 0 saturated heterocycles. The molecule has 0 spiro atoms. The number of nitrogens with one attached hydrogen (secondary N) is 2. The molecule has 0 aliphatic carbocycles. The maximum absolute atomic E-state index is 12.1. The zero-order chi connectivity index (χ0) is 20.6. The number of amides is 1. The minimum Gasteiger partial charge on any atom is -0.482 e. The van der Waals surface area contributed by atoms with Gasteiger partial charge in [0, 0.05) is 12.2 Å². The van der Waals surface area contributed by atoms with Crippen LogP contribution in [0.4, 0.5) is 11.4 Å². The van der Waals surface area contributed by atoms with Gasteiger partial charge in [-0.25, -0.2) is 0 Å². The molecule has 3 aromatic rings. The first-order valence-corrected chi connectivity index (χ1v) is 10.1. The molecule has 0 fully saturated rings. The topological polar surface area (TPSA) is 50.4 Å². The van der Waals surface area contributed by atoms with Gasteiger partial charge >= 0.3 is 0 Å². The zero-order valence-corrected chi connectivity index (χ0v) is 17.6. The van der Waals surface area contributed by atoms with Crippen LogP contribution in [-0.2, 0) is 17.8 Å². The number of anilines is 2. The quantitative estimate of drug-likeness (QED) is 0.449. The van der Waals surface area contributed by atoms with Crippen molar-refractivity contribution in [2.75, 3.05) is 17.2 Å². The molecule has 0 unspecified atom stereocenters.